The summed E-state index contributed by atoms with van der Waals surface area (Å²) in [5.41, 5.74) is 0. The minimum Gasteiger partial charge on any atom is -0.458 e. The summed E-state index contributed by atoms with van der Waals surface area (Å²) in [5.74, 6) is 1.20. The van der Waals surface area contributed by atoms with Gasteiger partial charge in [0.1, 0.15) is 0 Å². The van der Waals surface area contributed by atoms with Crippen molar-refractivity contribution in [3.63, 3.8) is 0 Å². The van der Waals surface area contributed by atoms with Crippen LogP contribution in [0.1, 0.15) is 168 Å². The number of carbonyl (C=O) groups excluding carboxylic acids is 2. The molecule has 0 fully saturated rings. The zero-order chi connectivity index (χ0) is 27.1. The number of esters is 2. The molecular formula is C32H56O5. The molecule has 5 heteroatoms. The maximum atomic E-state index is 12.6. The maximum Gasteiger partial charge on any atom is 0.311 e. The Hall–Kier alpha value is -1.78. The summed E-state index contributed by atoms with van der Waals surface area (Å²) in [6, 6.07) is 0. The summed E-state index contributed by atoms with van der Waals surface area (Å²) in [6.07, 6.45) is 23.5. The van der Waals surface area contributed by atoms with Gasteiger partial charge in [-0.25, -0.2) is 0 Å². The second-order valence-corrected chi connectivity index (χ2v) is 10.4. The van der Waals surface area contributed by atoms with E-state index in [4.69, 9.17) is 13.9 Å². The summed E-state index contributed by atoms with van der Waals surface area (Å²) in [4.78, 5) is 25.1. The molecular weight excluding hydrogens is 464 g/mol. The number of furan rings is 1. The van der Waals surface area contributed by atoms with Crippen molar-refractivity contribution in [1.29, 1.82) is 0 Å². The van der Waals surface area contributed by atoms with Crippen LogP contribution in [0.2, 0.25) is 0 Å². The molecule has 1 aromatic rings. The Morgan fingerprint density at radius 1 is 0.486 bits per heavy atom. The normalized spacial score (nSPS) is 11.1. The van der Waals surface area contributed by atoms with Gasteiger partial charge < -0.3 is 13.9 Å². The van der Waals surface area contributed by atoms with Gasteiger partial charge in [0.05, 0.1) is 0 Å². The van der Waals surface area contributed by atoms with Crippen LogP contribution >= 0.6 is 0 Å². The maximum absolute atomic E-state index is 12.6. The van der Waals surface area contributed by atoms with Gasteiger partial charge in [0, 0.05) is 25.7 Å². The third-order valence-corrected chi connectivity index (χ3v) is 7.00. The van der Waals surface area contributed by atoms with E-state index in [-0.39, 0.29) is 11.9 Å². The fraction of sp³-hybridized carbons (Fsp3) is 0.812. The van der Waals surface area contributed by atoms with Crippen LogP contribution in [0.3, 0.4) is 0 Å². The number of unbranched alkanes of at least 4 members (excludes halogenated alkanes) is 16. The van der Waals surface area contributed by atoms with Crippen molar-refractivity contribution in [3.8, 4) is 11.5 Å². The summed E-state index contributed by atoms with van der Waals surface area (Å²) in [6.45, 7) is 8.37. The predicted octanol–water partition coefficient (Wildman–Crippen LogP) is 10.1. The SMILES string of the molecule is CCCCCCCCCCCC(=O)Oc1c(CC)oc(CC)c1OC(=O)CCCCCCCCCCC. The highest BCUT2D eigenvalue weighted by Crippen LogP contribution is 2.39. The topological polar surface area (TPSA) is 65.7 Å². The van der Waals surface area contributed by atoms with E-state index in [0.29, 0.717) is 48.7 Å². The van der Waals surface area contributed by atoms with E-state index in [1.807, 2.05) is 13.8 Å². The summed E-state index contributed by atoms with van der Waals surface area (Å²) < 4.78 is 17.3. The standard InChI is InChI=1S/C32H56O5/c1-5-9-11-13-15-17-19-21-23-25-29(33)36-31-27(7-3)35-28(8-4)32(31)37-30(34)26-24-22-20-18-16-14-12-10-6-2/h5-26H2,1-4H3. The van der Waals surface area contributed by atoms with Crippen molar-refractivity contribution < 1.29 is 23.5 Å². The van der Waals surface area contributed by atoms with E-state index in [1.54, 1.807) is 0 Å². The Bertz CT molecular complexity index is 663. The van der Waals surface area contributed by atoms with Gasteiger partial charge in [-0.2, -0.15) is 0 Å². The van der Waals surface area contributed by atoms with Crippen molar-refractivity contribution >= 4 is 11.9 Å². The van der Waals surface area contributed by atoms with Crippen molar-refractivity contribution in [2.24, 2.45) is 0 Å². The molecule has 0 radical (unpaired) electrons. The van der Waals surface area contributed by atoms with Crippen LogP contribution in [0.5, 0.6) is 11.5 Å². The first kappa shape index (κ1) is 33.2. The monoisotopic (exact) mass is 520 g/mol. The largest absolute Gasteiger partial charge is 0.458 e. The number of ether oxygens (including phenoxy) is 2. The zero-order valence-electron chi connectivity index (χ0n) is 24.6. The lowest BCUT2D eigenvalue weighted by molar-refractivity contribution is -0.137. The number of aryl methyl sites for hydroxylation is 2. The van der Waals surface area contributed by atoms with Gasteiger partial charge in [-0.15, -0.1) is 0 Å². The molecule has 0 atom stereocenters. The van der Waals surface area contributed by atoms with E-state index < -0.39 is 0 Å². The Morgan fingerprint density at radius 2 is 0.784 bits per heavy atom. The van der Waals surface area contributed by atoms with Crippen LogP contribution in [0, 0.1) is 0 Å². The van der Waals surface area contributed by atoms with Crippen molar-refractivity contribution in [2.45, 2.75) is 169 Å². The Kier molecular flexibility index (Phi) is 20.0. The fourth-order valence-corrected chi connectivity index (χ4v) is 4.66. The van der Waals surface area contributed by atoms with E-state index >= 15 is 0 Å². The first-order valence-electron chi connectivity index (χ1n) is 15.6. The second kappa shape index (κ2) is 22.2. The number of hydrogen-bond acceptors (Lipinski definition) is 5. The average Bonchev–Trinajstić information content (AvgIpc) is 3.22. The molecule has 1 rings (SSSR count). The first-order chi connectivity index (χ1) is 18.1. The molecule has 214 valence electrons. The van der Waals surface area contributed by atoms with Gasteiger partial charge in [0.2, 0.25) is 11.5 Å². The van der Waals surface area contributed by atoms with E-state index in [9.17, 15) is 9.59 Å². The highest BCUT2D eigenvalue weighted by atomic mass is 16.6. The minimum atomic E-state index is -0.280. The minimum absolute atomic E-state index is 0.280. The molecule has 0 amide bonds. The molecule has 0 saturated heterocycles. The molecule has 1 heterocycles. The zero-order valence-corrected chi connectivity index (χ0v) is 24.6. The summed E-state index contributed by atoms with van der Waals surface area (Å²) >= 11 is 0. The Balaban J connectivity index is 2.43. The van der Waals surface area contributed by atoms with Gasteiger partial charge >= 0.3 is 11.9 Å². The van der Waals surface area contributed by atoms with E-state index in [1.165, 1.54) is 77.0 Å². The Labute approximate surface area is 227 Å². The van der Waals surface area contributed by atoms with E-state index in [2.05, 4.69) is 13.8 Å². The Morgan fingerprint density at radius 3 is 1.08 bits per heavy atom. The van der Waals surface area contributed by atoms with Crippen LogP contribution < -0.4 is 9.47 Å². The molecule has 0 aliphatic carbocycles. The molecule has 0 bridgehead atoms. The van der Waals surface area contributed by atoms with Crippen molar-refractivity contribution in [3.05, 3.63) is 11.5 Å². The lowest BCUT2D eigenvalue weighted by Crippen LogP contribution is -2.12. The summed E-state index contributed by atoms with van der Waals surface area (Å²) in [7, 11) is 0. The lowest BCUT2D eigenvalue weighted by Gasteiger charge is -2.09. The van der Waals surface area contributed by atoms with Crippen molar-refractivity contribution in [2.75, 3.05) is 0 Å². The predicted molar refractivity (Wildman–Crippen MR) is 152 cm³/mol. The molecule has 1 aromatic heterocycles. The molecule has 5 nitrogen and oxygen atoms in total. The highest BCUT2D eigenvalue weighted by molar-refractivity contribution is 5.77. The van der Waals surface area contributed by atoms with Crippen LogP contribution in [0.15, 0.2) is 4.42 Å². The lowest BCUT2D eigenvalue weighted by atomic mass is 10.1. The van der Waals surface area contributed by atoms with Crippen molar-refractivity contribution in [1.82, 2.24) is 0 Å². The number of hydrogen-bond donors (Lipinski definition) is 0. The van der Waals surface area contributed by atoms with Gasteiger partial charge in [-0.1, -0.05) is 130 Å². The molecule has 0 spiro atoms. The number of carbonyl (C=O) groups is 2. The first-order valence-corrected chi connectivity index (χ1v) is 15.6. The summed E-state index contributed by atoms with van der Waals surface area (Å²) in [5, 5.41) is 0. The third-order valence-electron chi connectivity index (χ3n) is 7.00. The van der Waals surface area contributed by atoms with Crippen LogP contribution in [-0.4, -0.2) is 11.9 Å². The molecule has 0 aliphatic heterocycles. The highest BCUT2D eigenvalue weighted by Gasteiger charge is 2.25. The van der Waals surface area contributed by atoms with Gasteiger partial charge in [-0.3, -0.25) is 9.59 Å². The molecule has 0 unspecified atom stereocenters. The second-order valence-electron chi connectivity index (χ2n) is 10.4. The number of rotatable bonds is 24. The molecule has 0 aliphatic rings. The van der Waals surface area contributed by atoms with Crippen LogP contribution in [0.4, 0.5) is 0 Å². The fourth-order valence-electron chi connectivity index (χ4n) is 4.66. The molecule has 37 heavy (non-hydrogen) atoms. The quantitative estimate of drug-likeness (QED) is 0.100. The average molecular weight is 521 g/mol. The van der Waals surface area contributed by atoms with Crippen LogP contribution in [0.25, 0.3) is 0 Å². The van der Waals surface area contributed by atoms with E-state index in [0.717, 1.165) is 38.5 Å². The van der Waals surface area contributed by atoms with Gasteiger partial charge in [-0.05, 0) is 12.8 Å². The van der Waals surface area contributed by atoms with Gasteiger partial charge in [0.15, 0.2) is 11.5 Å². The molecule has 0 saturated carbocycles. The third kappa shape index (κ3) is 15.3. The molecule has 0 aromatic carbocycles. The van der Waals surface area contributed by atoms with Gasteiger partial charge in [0.25, 0.3) is 0 Å². The van der Waals surface area contributed by atoms with Crippen LogP contribution in [-0.2, 0) is 22.4 Å². The smallest absolute Gasteiger partial charge is 0.311 e. The molecule has 0 N–H and O–H groups in total.